The highest BCUT2D eigenvalue weighted by atomic mass is 35.5. The van der Waals surface area contributed by atoms with Crippen molar-refractivity contribution in [1.29, 1.82) is 0 Å². The zero-order chi connectivity index (χ0) is 13.7. The van der Waals surface area contributed by atoms with E-state index in [1.807, 2.05) is 6.92 Å². The molecule has 21 heavy (non-hydrogen) atoms. The topological polar surface area (TPSA) is 67.6 Å². The molecule has 2 rings (SSSR count). The minimum atomic E-state index is -0.0718. The lowest BCUT2D eigenvalue weighted by Crippen LogP contribution is -2.57. The van der Waals surface area contributed by atoms with Gasteiger partial charge in [-0.1, -0.05) is 0 Å². The third kappa shape index (κ3) is 5.91. The Morgan fingerprint density at radius 1 is 1.29 bits per heavy atom. The lowest BCUT2D eigenvalue weighted by atomic mass is 9.88. The molecule has 1 amide bonds. The summed E-state index contributed by atoms with van der Waals surface area (Å²) >= 11 is 0. The SMILES string of the molecule is CC(N)CC(=O)NCC1(N2CCCC2)CCOCC1.Cl.Cl. The molecule has 0 saturated carbocycles. The molecule has 2 heterocycles. The van der Waals surface area contributed by atoms with Crippen molar-refractivity contribution in [3.05, 3.63) is 0 Å². The van der Waals surface area contributed by atoms with E-state index in [1.165, 1.54) is 12.8 Å². The van der Waals surface area contributed by atoms with Crippen molar-refractivity contribution in [2.45, 2.75) is 50.6 Å². The Morgan fingerprint density at radius 3 is 2.38 bits per heavy atom. The van der Waals surface area contributed by atoms with Gasteiger partial charge in [0, 0.05) is 37.8 Å². The lowest BCUT2D eigenvalue weighted by Gasteiger charge is -2.44. The van der Waals surface area contributed by atoms with E-state index in [4.69, 9.17) is 10.5 Å². The average molecular weight is 342 g/mol. The first-order chi connectivity index (χ1) is 9.12. The number of likely N-dealkylation sites (tertiary alicyclic amines) is 1. The van der Waals surface area contributed by atoms with Crippen LogP contribution in [-0.4, -0.2) is 55.2 Å². The number of nitrogens with zero attached hydrogens (tertiary/aromatic N) is 1. The van der Waals surface area contributed by atoms with Gasteiger partial charge >= 0.3 is 0 Å². The number of rotatable bonds is 5. The highest BCUT2D eigenvalue weighted by molar-refractivity contribution is 5.85. The van der Waals surface area contributed by atoms with Crippen LogP contribution in [0, 0.1) is 0 Å². The number of ether oxygens (including phenoxy) is 1. The smallest absolute Gasteiger partial charge is 0.221 e. The summed E-state index contributed by atoms with van der Waals surface area (Å²) in [5.74, 6) is 0.0695. The summed E-state index contributed by atoms with van der Waals surface area (Å²) in [5, 5.41) is 3.09. The van der Waals surface area contributed by atoms with Gasteiger partial charge in [-0.25, -0.2) is 0 Å². The number of carbonyl (C=O) groups is 1. The zero-order valence-electron chi connectivity index (χ0n) is 12.8. The van der Waals surface area contributed by atoms with Gasteiger partial charge in [0.15, 0.2) is 0 Å². The van der Waals surface area contributed by atoms with E-state index in [0.29, 0.717) is 6.42 Å². The van der Waals surface area contributed by atoms with Crippen LogP contribution >= 0.6 is 24.8 Å². The fourth-order valence-electron chi connectivity index (χ4n) is 3.18. The molecule has 0 aromatic heterocycles. The summed E-state index contributed by atoms with van der Waals surface area (Å²) in [5.41, 5.74) is 5.78. The Hall–Kier alpha value is -0.0700. The summed E-state index contributed by atoms with van der Waals surface area (Å²) in [6.45, 7) is 6.53. The fourth-order valence-corrected chi connectivity index (χ4v) is 3.18. The number of nitrogens with one attached hydrogen (secondary N) is 1. The first kappa shape index (κ1) is 20.9. The Morgan fingerprint density at radius 2 is 1.86 bits per heavy atom. The first-order valence-corrected chi connectivity index (χ1v) is 7.47. The molecule has 0 aromatic rings. The number of halogens is 2. The molecule has 2 aliphatic heterocycles. The van der Waals surface area contributed by atoms with Crippen LogP contribution in [0.3, 0.4) is 0 Å². The van der Waals surface area contributed by atoms with Gasteiger partial charge in [0.1, 0.15) is 0 Å². The second-order valence-corrected chi connectivity index (χ2v) is 5.99. The molecule has 126 valence electrons. The van der Waals surface area contributed by atoms with Gasteiger partial charge in [-0.3, -0.25) is 9.69 Å². The van der Waals surface area contributed by atoms with E-state index in [1.54, 1.807) is 0 Å². The molecule has 2 saturated heterocycles. The highest BCUT2D eigenvalue weighted by Gasteiger charge is 2.39. The van der Waals surface area contributed by atoms with Crippen LogP contribution in [0.5, 0.6) is 0 Å². The van der Waals surface area contributed by atoms with E-state index < -0.39 is 0 Å². The second kappa shape index (κ2) is 9.85. The quantitative estimate of drug-likeness (QED) is 0.791. The molecule has 0 aliphatic carbocycles. The average Bonchev–Trinajstić information content (AvgIpc) is 2.91. The Kier molecular flexibility index (Phi) is 9.81. The van der Waals surface area contributed by atoms with Crippen LogP contribution in [0.25, 0.3) is 0 Å². The van der Waals surface area contributed by atoms with Crippen LogP contribution in [0.15, 0.2) is 0 Å². The van der Waals surface area contributed by atoms with E-state index in [-0.39, 0.29) is 42.3 Å². The van der Waals surface area contributed by atoms with Crippen LogP contribution in [0.1, 0.15) is 39.0 Å². The van der Waals surface area contributed by atoms with E-state index in [9.17, 15) is 4.79 Å². The molecule has 7 heteroatoms. The molecule has 3 N–H and O–H groups in total. The van der Waals surface area contributed by atoms with Crippen molar-refractivity contribution < 1.29 is 9.53 Å². The molecule has 2 aliphatic rings. The predicted molar refractivity (Wildman–Crippen MR) is 89.4 cm³/mol. The first-order valence-electron chi connectivity index (χ1n) is 7.47. The van der Waals surface area contributed by atoms with Crippen molar-refractivity contribution in [2.24, 2.45) is 5.73 Å². The Balaban J connectivity index is 0.00000200. The van der Waals surface area contributed by atoms with Crippen molar-refractivity contribution >= 4 is 30.7 Å². The van der Waals surface area contributed by atoms with Gasteiger partial charge in [-0.2, -0.15) is 0 Å². The minimum Gasteiger partial charge on any atom is -0.381 e. The standard InChI is InChI=1S/C14H27N3O2.2ClH/c1-12(15)10-13(18)16-11-14(4-8-19-9-5-14)17-6-2-3-7-17;;/h12H,2-11,15H2,1H3,(H,16,18);2*1H. The molecule has 0 aromatic carbocycles. The van der Waals surface area contributed by atoms with Crippen molar-refractivity contribution in [1.82, 2.24) is 10.2 Å². The monoisotopic (exact) mass is 341 g/mol. The number of hydrogen-bond acceptors (Lipinski definition) is 4. The molecule has 1 atom stereocenters. The fraction of sp³-hybridized carbons (Fsp3) is 0.929. The highest BCUT2D eigenvalue weighted by Crippen LogP contribution is 2.30. The van der Waals surface area contributed by atoms with Crippen molar-refractivity contribution in [2.75, 3.05) is 32.8 Å². The second-order valence-electron chi connectivity index (χ2n) is 5.99. The molecule has 1 unspecified atom stereocenters. The minimum absolute atomic E-state index is 0. The lowest BCUT2D eigenvalue weighted by molar-refractivity contribution is -0.122. The number of carbonyl (C=O) groups excluding carboxylic acids is 1. The molecule has 0 radical (unpaired) electrons. The van der Waals surface area contributed by atoms with Gasteiger partial charge in [-0.05, 0) is 45.7 Å². The number of hydrogen-bond donors (Lipinski definition) is 2. The van der Waals surface area contributed by atoms with Gasteiger partial charge in [-0.15, -0.1) is 24.8 Å². The Labute approximate surface area is 140 Å². The van der Waals surface area contributed by atoms with Gasteiger partial charge in [0.05, 0.1) is 0 Å². The van der Waals surface area contributed by atoms with Gasteiger partial charge < -0.3 is 15.8 Å². The largest absolute Gasteiger partial charge is 0.381 e. The third-order valence-corrected chi connectivity index (χ3v) is 4.32. The van der Waals surface area contributed by atoms with E-state index >= 15 is 0 Å². The Bertz CT molecular complexity index is 305. The predicted octanol–water partition coefficient (Wildman–Crippen LogP) is 1.33. The van der Waals surface area contributed by atoms with Gasteiger partial charge in [0.25, 0.3) is 0 Å². The molecule has 2 fully saturated rings. The van der Waals surface area contributed by atoms with Crippen LogP contribution in [0.2, 0.25) is 0 Å². The molecule has 0 spiro atoms. The number of nitrogens with two attached hydrogens (primary N) is 1. The van der Waals surface area contributed by atoms with E-state index in [2.05, 4.69) is 10.2 Å². The normalized spacial score (nSPS) is 22.8. The molecule has 5 nitrogen and oxygen atoms in total. The molecular formula is C14H29Cl2N3O2. The maximum absolute atomic E-state index is 11.8. The summed E-state index contributed by atoms with van der Waals surface area (Å²) in [6, 6.07) is -0.0718. The maximum atomic E-state index is 11.8. The van der Waals surface area contributed by atoms with Crippen molar-refractivity contribution in [3.8, 4) is 0 Å². The van der Waals surface area contributed by atoms with Crippen molar-refractivity contribution in [3.63, 3.8) is 0 Å². The number of amides is 1. The molecule has 0 bridgehead atoms. The summed E-state index contributed by atoms with van der Waals surface area (Å²) in [4.78, 5) is 14.4. The van der Waals surface area contributed by atoms with Crippen LogP contribution in [-0.2, 0) is 9.53 Å². The zero-order valence-corrected chi connectivity index (χ0v) is 14.4. The van der Waals surface area contributed by atoms with Gasteiger partial charge in [0.2, 0.25) is 5.91 Å². The van der Waals surface area contributed by atoms with Crippen LogP contribution < -0.4 is 11.1 Å². The summed E-state index contributed by atoms with van der Waals surface area (Å²) in [7, 11) is 0. The van der Waals surface area contributed by atoms with E-state index in [0.717, 1.165) is 45.7 Å². The summed E-state index contributed by atoms with van der Waals surface area (Å²) in [6.07, 6.45) is 5.00. The molecular weight excluding hydrogens is 313 g/mol. The maximum Gasteiger partial charge on any atom is 0.221 e. The van der Waals surface area contributed by atoms with Crippen LogP contribution in [0.4, 0.5) is 0 Å². The third-order valence-electron chi connectivity index (χ3n) is 4.32. The summed E-state index contributed by atoms with van der Waals surface area (Å²) < 4.78 is 5.50.